The van der Waals surface area contributed by atoms with E-state index in [1.165, 1.54) is 93.3 Å². The van der Waals surface area contributed by atoms with Crippen molar-refractivity contribution >= 4 is 71.6 Å². The molecule has 0 spiro atoms. The van der Waals surface area contributed by atoms with Crippen molar-refractivity contribution in [1.82, 2.24) is 9.97 Å². The summed E-state index contributed by atoms with van der Waals surface area (Å²) in [5.41, 5.74) is 21.0. The summed E-state index contributed by atoms with van der Waals surface area (Å²) in [5.74, 6) is 0. The second kappa shape index (κ2) is 15.3. The Morgan fingerprint density at radius 2 is 1.21 bits per heavy atom. The Balaban J connectivity index is 0.913. The Kier molecular flexibility index (Phi) is 8.92. The lowest BCUT2D eigenvalue weighted by Crippen LogP contribution is -2.08. The topological polar surface area (TPSA) is 38.1 Å². The number of benzene rings is 9. The normalized spacial score (nSPS) is 13.4. The summed E-state index contributed by atoms with van der Waals surface area (Å²) in [5, 5.41) is 9.91. The number of nitrogens with zero attached hydrogens (tertiary/aromatic N) is 3. The number of aromatic nitrogens is 2. The van der Waals surface area contributed by atoms with E-state index in [2.05, 4.69) is 202 Å². The summed E-state index contributed by atoms with van der Waals surface area (Å²) in [6.07, 6.45) is 8.62. The Labute approximate surface area is 384 Å². The number of pyridine rings is 2. The fraction of sp³-hybridized carbons (Fsp3) is 0.0952. The molecule has 0 saturated heterocycles. The molecule has 312 valence electrons. The van der Waals surface area contributed by atoms with Gasteiger partial charge in [-0.25, -0.2) is 9.97 Å². The number of para-hydroxylation sites is 1. The molecule has 2 aromatic heterocycles. The lowest BCUT2D eigenvalue weighted by Gasteiger charge is -2.20. The molecule has 3 heteroatoms. The van der Waals surface area contributed by atoms with Gasteiger partial charge in [0.05, 0.1) is 28.1 Å². The van der Waals surface area contributed by atoms with Crippen LogP contribution in [-0.2, 0) is 12.8 Å². The Bertz CT molecular complexity index is 3890. The van der Waals surface area contributed by atoms with Gasteiger partial charge in [-0.2, -0.15) is 0 Å². The van der Waals surface area contributed by atoms with Crippen molar-refractivity contribution in [3.8, 4) is 44.8 Å². The number of allylic oxidation sites excluding steroid dienone is 1. The molecule has 0 saturated carbocycles. The van der Waals surface area contributed by atoms with E-state index in [-0.39, 0.29) is 0 Å². The van der Waals surface area contributed by atoms with Crippen molar-refractivity contribution in [3.63, 3.8) is 0 Å². The van der Waals surface area contributed by atoms with Gasteiger partial charge in [0, 0.05) is 33.0 Å². The molecule has 11 aromatic rings. The SMILES string of the molecule is Cc1ccccc1-c1ccc2c(-c3cccc(-c4ccc5c(c4)c4c(c6cc(-c7ccc8ccc9c(c8n7)N=C(c7ccccc7)CC9)ccc65)C=CCC4)c3)nc3ccccc3c2c1C. The lowest BCUT2D eigenvalue weighted by atomic mass is 9.85. The van der Waals surface area contributed by atoms with E-state index in [1.54, 1.807) is 0 Å². The van der Waals surface area contributed by atoms with Gasteiger partial charge in [0.25, 0.3) is 0 Å². The van der Waals surface area contributed by atoms with E-state index in [9.17, 15) is 0 Å². The van der Waals surface area contributed by atoms with Crippen LogP contribution in [-0.4, -0.2) is 15.7 Å². The van der Waals surface area contributed by atoms with Gasteiger partial charge in [0.15, 0.2) is 0 Å². The summed E-state index contributed by atoms with van der Waals surface area (Å²) in [4.78, 5) is 16.0. The van der Waals surface area contributed by atoms with Crippen LogP contribution in [0.4, 0.5) is 5.69 Å². The molecule has 0 fully saturated rings. The van der Waals surface area contributed by atoms with Crippen molar-refractivity contribution in [3.05, 3.63) is 215 Å². The monoisotopic (exact) mass is 843 g/mol. The fourth-order valence-corrected chi connectivity index (χ4v) is 11.0. The largest absolute Gasteiger partial charge is 0.250 e. The first-order chi connectivity index (χ1) is 32.5. The van der Waals surface area contributed by atoms with Gasteiger partial charge in [-0.1, -0.05) is 158 Å². The third-order valence-electron chi connectivity index (χ3n) is 14.3. The molecule has 0 atom stereocenters. The summed E-state index contributed by atoms with van der Waals surface area (Å²) in [7, 11) is 0. The number of hydrogen-bond acceptors (Lipinski definition) is 3. The zero-order valence-electron chi connectivity index (χ0n) is 37.1. The highest BCUT2D eigenvalue weighted by atomic mass is 14.8. The van der Waals surface area contributed by atoms with E-state index in [0.717, 1.165) is 76.0 Å². The predicted molar refractivity (Wildman–Crippen MR) is 279 cm³/mol. The molecule has 3 nitrogen and oxygen atoms in total. The quantitative estimate of drug-likeness (QED) is 0.162. The first-order valence-electron chi connectivity index (χ1n) is 23.3. The van der Waals surface area contributed by atoms with Crippen LogP contribution in [0.25, 0.3) is 105 Å². The molecule has 66 heavy (non-hydrogen) atoms. The highest BCUT2D eigenvalue weighted by molar-refractivity contribution is 6.16. The minimum atomic E-state index is 0.934. The smallest absolute Gasteiger partial charge is 0.0968 e. The lowest BCUT2D eigenvalue weighted by molar-refractivity contribution is 1.00. The van der Waals surface area contributed by atoms with Crippen LogP contribution in [0.3, 0.4) is 0 Å². The maximum atomic E-state index is 5.37. The van der Waals surface area contributed by atoms with Crippen LogP contribution < -0.4 is 0 Å². The highest BCUT2D eigenvalue weighted by Crippen LogP contribution is 2.43. The zero-order valence-corrected chi connectivity index (χ0v) is 37.1. The molecule has 3 heterocycles. The van der Waals surface area contributed by atoms with Crippen molar-refractivity contribution in [2.45, 2.75) is 39.5 Å². The molecule has 0 amide bonds. The third-order valence-corrected chi connectivity index (χ3v) is 14.3. The summed E-state index contributed by atoms with van der Waals surface area (Å²) in [6, 6.07) is 64.3. The molecule has 0 unspecified atom stereocenters. The maximum Gasteiger partial charge on any atom is 0.0968 e. The predicted octanol–water partition coefficient (Wildman–Crippen LogP) is 16.6. The Morgan fingerprint density at radius 1 is 0.470 bits per heavy atom. The van der Waals surface area contributed by atoms with Gasteiger partial charge in [-0.3, -0.25) is 4.99 Å². The van der Waals surface area contributed by atoms with Crippen LogP contribution in [0.1, 0.15) is 46.2 Å². The average Bonchev–Trinajstić information content (AvgIpc) is 3.38. The second-order valence-electron chi connectivity index (χ2n) is 18.2. The van der Waals surface area contributed by atoms with Crippen molar-refractivity contribution in [2.75, 3.05) is 0 Å². The van der Waals surface area contributed by atoms with E-state index in [4.69, 9.17) is 15.0 Å². The van der Waals surface area contributed by atoms with Gasteiger partial charge in [-0.05, 0) is 152 Å². The molecule has 0 bridgehead atoms. The number of hydrogen-bond donors (Lipinski definition) is 0. The first kappa shape index (κ1) is 38.4. The Hall–Kier alpha value is -8.01. The number of aryl methyl sites for hydroxylation is 4. The second-order valence-corrected chi connectivity index (χ2v) is 18.2. The third kappa shape index (κ3) is 6.22. The standard InChI is InChI=1S/C63H45N3/c1-38-13-6-7-18-47(38)48-31-32-54-60(39(48)2)53-21-10-11-22-59(53)66-61(54)46-17-12-16-43(35-46)44-25-29-51-52-30-26-45(37-56(52)50-20-9-8-19-49(50)55(51)36-44)58-34-28-42-24-23-41-27-33-57(40-14-4-3-5-15-40)64-62(41)63(42)65-58/h3-7,9-18,20-26,28-32,34-37H,8,19,27,33H2,1-2H3. The zero-order chi connectivity index (χ0) is 43.9. The molecule has 13 rings (SSSR count). The summed E-state index contributed by atoms with van der Waals surface area (Å²) < 4.78 is 0. The first-order valence-corrected chi connectivity index (χ1v) is 23.3. The van der Waals surface area contributed by atoms with Gasteiger partial charge < -0.3 is 0 Å². The van der Waals surface area contributed by atoms with Gasteiger partial charge in [0.2, 0.25) is 0 Å². The maximum absolute atomic E-state index is 5.37. The summed E-state index contributed by atoms with van der Waals surface area (Å²) >= 11 is 0. The van der Waals surface area contributed by atoms with Crippen molar-refractivity contribution in [1.29, 1.82) is 0 Å². The van der Waals surface area contributed by atoms with Crippen LogP contribution in [0.15, 0.2) is 187 Å². The summed E-state index contributed by atoms with van der Waals surface area (Å²) in [6.45, 7) is 4.47. The van der Waals surface area contributed by atoms with Crippen LogP contribution in [0.2, 0.25) is 0 Å². The number of fused-ring (bicyclic) bond motifs is 12. The molecular weight excluding hydrogens is 799 g/mol. The minimum Gasteiger partial charge on any atom is -0.250 e. The molecule has 0 N–H and O–H groups in total. The molecule has 9 aromatic carbocycles. The average molecular weight is 844 g/mol. The van der Waals surface area contributed by atoms with E-state index >= 15 is 0 Å². The van der Waals surface area contributed by atoms with Crippen molar-refractivity contribution < 1.29 is 0 Å². The number of aliphatic imine (C=N–C) groups is 1. The van der Waals surface area contributed by atoms with Crippen LogP contribution in [0.5, 0.6) is 0 Å². The number of rotatable bonds is 5. The van der Waals surface area contributed by atoms with Gasteiger partial charge >= 0.3 is 0 Å². The highest BCUT2D eigenvalue weighted by Gasteiger charge is 2.21. The Morgan fingerprint density at radius 3 is 2.12 bits per heavy atom. The van der Waals surface area contributed by atoms with Gasteiger partial charge in [0.1, 0.15) is 0 Å². The van der Waals surface area contributed by atoms with E-state index < -0.39 is 0 Å². The van der Waals surface area contributed by atoms with E-state index in [0.29, 0.717) is 0 Å². The minimum absolute atomic E-state index is 0.934. The van der Waals surface area contributed by atoms with Crippen LogP contribution >= 0.6 is 0 Å². The molecule has 0 radical (unpaired) electrons. The molecular formula is C63H45N3. The van der Waals surface area contributed by atoms with E-state index in [1.807, 2.05) is 0 Å². The van der Waals surface area contributed by atoms with Gasteiger partial charge in [-0.15, -0.1) is 0 Å². The van der Waals surface area contributed by atoms with Crippen LogP contribution in [0, 0.1) is 13.8 Å². The molecule has 1 aliphatic carbocycles. The fourth-order valence-electron chi connectivity index (χ4n) is 11.0. The van der Waals surface area contributed by atoms with Crippen molar-refractivity contribution in [2.24, 2.45) is 4.99 Å². The molecule has 1 aliphatic heterocycles. The molecule has 2 aliphatic rings.